The molecule has 1 aromatic carbocycles. The minimum Gasteiger partial charge on any atom is -0.493 e. The Balaban J connectivity index is 1.26. The van der Waals surface area contributed by atoms with Crippen LogP contribution in [-0.2, 0) is 22.6 Å². The van der Waals surface area contributed by atoms with E-state index in [1.807, 2.05) is 9.80 Å². The lowest BCUT2D eigenvalue weighted by Gasteiger charge is -2.36. The van der Waals surface area contributed by atoms with Crippen LogP contribution in [0, 0.1) is 0 Å². The minimum absolute atomic E-state index is 0.0532. The summed E-state index contributed by atoms with van der Waals surface area (Å²) in [5.74, 6) is 0.248. The van der Waals surface area contributed by atoms with Crippen molar-refractivity contribution in [2.75, 3.05) is 45.9 Å². The lowest BCUT2D eigenvalue weighted by atomic mass is 10.1. The molecule has 0 bridgehead atoms. The fourth-order valence-electron chi connectivity index (χ4n) is 4.32. The fraction of sp³-hybridized carbons (Fsp3) is 0.600. The van der Waals surface area contributed by atoms with Crippen LogP contribution in [0.2, 0.25) is 0 Å². The highest BCUT2D eigenvalue weighted by molar-refractivity contribution is 5.80. The highest BCUT2D eigenvalue weighted by Gasteiger charge is 2.33. The first kappa shape index (κ1) is 18.3. The van der Waals surface area contributed by atoms with Crippen molar-refractivity contribution >= 4 is 11.9 Å². The first-order chi connectivity index (χ1) is 13.1. The van der Waals surface area contributed by atoms with Gasteiger partial charge in [0.15, 0.2) is 0 Å². The Labute approximate surface area is 159 Å². The third-order valence-corrected chi connectivity index (χ3v) is 5.87. The van der Waals surface area contributed by atoms with Crippen molar-refractivity contribution in [2.24, 2.45) is 0 Å². The lowest BCUT2D eigenvalue weighted by Crippen LogP contribution is -2.51. The lowest BCUT2D eigenvalue weighted by molar-refractivity contribution is -0.143. The van der Waals surface area contributed by atoms with Crippen molar-refractivity contribution in [3.05, 3.63) is 29.3 Å². The summed E-state index contributed by atoms with van der Waals surface area (Å²) in [6.07, 6.45) is 2.48. The topological polar surface area (TPSA) is 73.3 Å². The Kier molecular flexibility index (Phi) is 5.31. The summed E-state index contributed by atoms with van der Waals surface area (Å²) < 4.78 is 5.56. The average Bonchev–Trinajstić information content (AvgIpc) is 3.31. The second-order valence-corrected chi connectivity index (χ2v) is 7.66. The van der Waals surface area contributed by atoms with Gasteiger partial charge in [-0.25, -0.2) is 0 Å². The van der Waals surface area contributed by atoms with Crippen LogP contribution >= 0.6 is 0 Å². The molecule has 3 aliphatic rings. The molecule has 7 nitrogen and oxygen atoms in total. The number of fused-ring (bicyclic) bond motifs is 1. The van der Waals surface area contributed by atoms with Gasteiger partial charge in [-0.1, -0.05) is 12.1 Å². The van der Waals surface area contributed by atoms with Gasteiger partial charge in [0, 0.05) is 39.1 Å². The van der Waals surface area contributed by atoms with E-state index in [0.29, 0.717) is 26.1 Å². The molecule has 3 aliphatic heterocycles. The number of carboxylic acid groups (broad SMARTS) is 1. The zero-order valence-electron chi connectivity index (χ0n) is 15.6. The van der Waals surface area contributed by atoms with Crippen molar-refractivity contribution in [3.8, 4) is 5.75 Å². The number of nitrogens with zero attached hydrogens (tertiary/aromatic N) is 3. The van der Waals surface area contributed by atoms with Crippen molar-refractivity contribution in [1.29, 1.82) is 0 Å². The van der Waals surface area contributed by atoms with Gasteiger partial charge in [0.1, 0.15) is 11.8 Å². The van der Waals surface area contributed by atoms with Crippen molar-refractivity contribution in [1.82, 2.24) is 14.7 Å². The zero-order chi connectivity index (χ0) is 18.8. The number of carbonyl (C=O) groups is 2. The zero-order valence-corrected chi connectivity index (χ0v) is 15.6. The molecule has 1 amide bonds. The van der Waals surface area contributed by atoms with Gasteiger partial charge in [0.05, 0.1) is 13.2 Å². The number of ether oxygens (including phenoxy) is 1. The Morgan fingerprint density at radius 2 is 1.96 bits per heavy atom. The van der Waals surface area contributed by atoms with E-state index in [0.717, 1.165) is 44.8 Å². The molecule has 3 heterocycles. The monoisotopic (exact) mass is 373 g/mol. The van der Waals surface area contributed by atoms with E-state index in [2.05, 4.69) is 23.1 Å². The first-order valence-electron chi connectivity index (χ1n) is 9.82. The number of amides is 1. The van der Waals surface area contributed by atoms with Crippen LogP contribution < -0.4 is 4.74 Å². The second kappa shape index (κ2) is 7.86. The largest absolute Gasteiger partial charge is 0.493 e. The number of carbonyl (C=O) groups excluding carboxylic acids is 1. The molecule has 4 rings (SSSR count). The van der Waals surface area contributed by atoms with Crippen molar-refractivity contribution in [3.63, 3.8) is 0 Å². The van der Waals surface area contributed by atoms with Crippen LogP contribution in [0.4, 0.5) is 0 Å². The standard InChI is InChI=1S/C20H27N3O4/c24-19(14-23-6-1-2-17(23)20(25)26)22-9-7-21(8-10-22)13-15-3-4-18-16(12-15)5-11-27-18/h3-4,12,17H,1-2,5-11,13-14H2,(H,25,26)/t17-/m1/s1. The molecule has 27 heavy (non-hydrogen) atoms. The van der Waals surface area contributed by atoms with E-state index < -0.39 is 12.0 Å². The molecule has 2 fully saturated rings. The van der Waals surface area contributed by atoms with Crippen LogP contribution in [0.3, 0.4) is 0 Å². The van der Waals surface area contributed by atoms with Crippen molar-refractivity contribution < 1.29 is 19.4 Å². The maximum Gasteiger partial charge on any atom is 0.320 e. The van der Waals surface area contributed by atoms with Gasteiger partial charge >= 0.3 is 5.97 Å². The first-order valence-corrected chi connectivity index (χ1v) is 9.82. The molecule has 0 spiro atoms. The van der Waals surface area contributed by atoms with E-state index in [4.69, 9.17) is 4.74 Å². The molecule has 0 unspecified atom stereocenters. The summed E-state index contributed by atoms with van der Waals surface area (Å²) in [6, 6.07) is 5.92. The molecule has 0 aliphatic carbocycles. The highest BCUT2D eigenvalue weighted by Crippen LogP contribution is 2.26. The van der Waals surface area contributed by atoms with Crippen LogP contribution in [0.15, 0.2) is 18.2 Å². The van der Waals surface area contributed by atoms with E-state index in [-0.39, 0.29) is 12.5 Å². The Morgan fingerprint density at radius 3 is 2.74 bits per heavy atom. The SMILES string of the molecule is O=C(O)[C@H]1CCCN1CC(=O)N1CCN(Cc2ccc3c(c2)CCO3)CC1. The maximum absolute atomic E-state index is 12.6. The summed E-state index contributed by atoms with van der Waals surface area (Å²) in [4.78, 5) is 29.9. The number of likely N-dealkylation sites (tertiary alicyclic amines) is 1. The average molecular weight is 373 g/mol. The summed E-state index contributed by atoms with van der Waals surface area (Å²) >= 11 is 0. The van der Waals surface area contributed by atoms with Gasteiger partial charge in [-0.2, -0.15) is 0 Å². The van der Waals surface area contributed by atoms with Gasteiger partial charge in [-0.3, -0.25) is 19.4 Å². The number of benzene rings is 1. The number of hydrogen-bond donors (Lipinski definition) is 1. The van der Waals surface area contributed by atoms with Gasteiger partial charge in [0.2, 0.25) is 5.91 Å². The Bertz CT molecular complexity index is 715. The van der Waals surface area contributed by atoms with Gasteiger partial charge < -0.3 is 14.7 Å². The number of piperazine rings is 1. The molecule has 2 saturated heterocycles. The molecule has 0 aromatic heterocycles. The smallest absolute Gasteiger partial charge is 0.320 e. The van der Waals surface area contributed by atoms with Crippen molar-refractivity contribution in [2.45, 2.75) is 31.8 Å². The van der Waals surface area contributed by atoms with E-state index >= 15 is 0 Å². The fourth-order valence-corrected chi connectivity index (χ4v) is 4.32. The predicted molar refractivity (Wildman–Crippen MR) is 99.7 cm³/mol. The van der Waals surface area contributed by atoms with Crippen LogP contribution in [0.25, 0.3) is 0 Å². The second-order valence-electron chi connectivity index (χ2n) is 7.66. The molecular weight excluding hydrogens is 346 g/mol. The third-order valence-electron chi connectivity index (χ3n) is 5.87. The summed E-state index contributed by atoms with van der Waals surface area (Å²) in [7, 11) is 0. The van der Waals surface area contributed by atoms with Gasteiger partial charge in [0.25, 0.3) is 0 Å². The Hall–Kier alpha value is -2.12. The number of rotatable bonds is 5. The maximum atomic E-state index is 12.6. The quantitative estimate of drug-likeness (QED) is 0.824. The molecule has 7 heteroatoms. The molecular formula is C20H27N3O4. The van der Waals surface area contributed by atoms with E-state index in [1.54, 1.807) is 0 Å². The summed E-state index contributed by atoms with van der Waals surface area (Å²) in [5, 5.41) is 9.26. The molecule has 1 N–H and O–H groups in total. The van der Waals surface area contributed by atoms with Gasteiger partial charge in [-0.05, 0) is 36.6 Å². The Morgan fingerprint density at radius 1 is 1.15 bits per heavy atom. The number of aliphatic carboxylic acids is 1. The molecule has 1 aromatic rings. The number of carboxylic acids is 1. The highest BCUT2D eigenvalue weighted by atomic mass is 16.5. The van der Waals surface area contributed by atoms with E-state index in [1.165, 1.54) is 11.1 Å². The van der Waals surface area contributed by atoms with Crippen LogP contribution in [0.5, 0.6) is 5.75 Å². The van der Waals surface area contributed by atoms with Gasteiger partial charge in [-0.15, -0.1) is 0 Å². The predicted octanol–water partition coefficient (Wildman–Crippen LogP) is 0.815. The molecule has 146 valence electrons. The van der Waals surface area contributed by atoms with Crippen LogP contribution in [-0.4, -0.2) is 83.6 Å². The molecule has 1 atom stereocenters. The summed E-state index contributed by atoms with van der Waals surface area (Å²) in [5.41, 5.74) is 2.58. The summed E-state index contributed by atoms with van der Waals surface area (Å²) in [6.45, 7) is 5.70. The normalized spacial score (nSPS) is 23.3. The van der Waals surface area contributed by atoms with Crippen LogP contribution in [0.1, 0.15) is 24.0 Å². The third kappa shape index (κ3) is 4.09. The molecule has 0 saturated carbocycles. The van der Waals surface area contributed by atoms with E-state index in [9.17, 15) is 14.7 Å². The number of hydrogen-bond acceptors (Lipinski definition) is 5. The minimum atomic E-state index is -0.815. The molecule has 0 radical (unpaired) electrons.